The van der Waals surface area contributed by atoms with Crippen molar-refractivity contribution in [3.63, 3.8) is 0 Å². The molecule has 0 aliphatic carbocycles. The zero-order valence-electron chi connectivity index (χ0n) is 13.3. The lowest BCUT2D eigenvalue weighted by atomic mass is 10.0. The summed E-state index contributed by atoms with van der Waals surface area (Å²) < 4.78 is 7.26. The van der Waals surface area contributed by atoms with E-state index in [0.29, 0.717) is 17.7 Å². The van der Waals surface area contributed by atoms with Crippen LogP contribution in [-0.4, -0.2) is 74.9 Å². The molecule has 2 unspecified atom stereocenters. The van der Waals surface area contributed by atoms with Crippen LogP contribution in [0.15, 0.2) is 11.3 Å². The predicted molar refractivity (Wildman–Crippen MR) is 86.1 cm³/mol. The van der Waals surface area contributed by atoms with Crippen molar-refractivity contribution in [2.75, 3.05) is 37.5 Å². The molecule has 1 aromatic rings. The first kappa shape index (κ1) is 14.9. The SMILES string of the molecule is CC1=C(C(=O)N2CCSC3COCCC32)Cn2nnnc2N1C. The van der Waals surface area contributed by atoms with Gasteiger partial charge in [0.05, 0.1) is 18.7 Å². The predicted octanol–water partition coefficient (Wildman–Crippen LogP) is 0.130. The summed E-state index contributed by atoms with van der Waals surface area (Å²) >= 11 is 1.92. The van der Waals surface area contributed by atoms with E-state index in [0.717, 1.165) is 43.2 Å². The highest BCUT2D eigenvalue weighted by molar-refractivity contribution is 8.00. The summed E-state index contributed by atoms with van der Waals surface area (Å²) in [5.41, 5.74) is 1.71. The Kier molecular flexibility index (Phi) is 3.76. The van der Waals surface area contributed by atoms with Crippen LogP contribution in [0.25, 0.3) is 0 Å². The van der Waals surface area contributed by atoms with Gasteiger partial charge in [-0.1, -0.05) is 5.10 Å². The van der Waals surface area contributed by atoms with Crippen LogP contribution in [0.1, 0.15) is 13.3 Å². The molecule has 0 saturated carbocycles. The Morgan fingerprint density at radius 3 is 3.17 bits per heavy atom. The number of tetrazole rings is 1. The number of amides is 1. The highest BCUT2D eigenvalue weighted by Gasteiger charge is 2.39. The summed E-state index contributed by atoms with van der Waals surface area (Å²) in [7, 11) is 1.90. The van der Waals surface area contributed by atoms with Crippen LogP contribution < -0.4 is 4.90 Å². The van der Waals surface area contributed by atoms with Crippen molar-refractivity contribution >= 4 is 23.6 Å². The maximum atomic E-state index is 13.2. The molecule has 23 heavy (non-hydrogen) atoms. The van der Waals surface area contributed by atoms with E-state index >= 15 is 0 Å². The molecule has 0 bridgehead atoms. The number of anilines is 1. The molecule has 0 N–H and O–H groups in total. The van der Waals surface area contributed by atoms with Gasteiger partial charge in [-0.2, -0.15) is 11.8 Å². The zero-order valence-corrected chi connectivity index (χ0v) is 14.1. The molecule has 0 aromatic carbocycles. The highest BCUT2D eigenvalue weighted by Crippen LogP contribution is 2.33. The van der Waals surface area contributed by atoms with Gasteiger partial charge in [-0.05, 0) is 23.8 Å². The molecule has 2 saturated heterocycles. The first-order chi connectivity index (χ1) is 11.2. The topological polar surface area (TPSA) is 76.4 Å². The van der Waals surface area contributed by atoms with Crippen molar-refractivity contribution in [1.82, 2.24) is 25.1 Å². The molecule has 3 aliphatic heterocycles. The number of nitrogens with zero attached hydrogens (tertiary/aromatic N) is 6. The van der Waals surface area contributed by atoms with Crippen LogP contribution in [0.5, 0.6) is 0 Å². The van der Waals surface area contributed by atoms with Gasteiger partial charge in [-0.25, -0.2) is 4.68 Å². The molecule has 3 aliphatic rings. The fraction of sp³-hybridized carbons (Fsp3) is 0.714. The minimum atomic E-state index is 0.118. The third-order valence-electron chi connectivity index (χ3n) is 4.91. The van der Waals surface area contributed by atoms with E-state index in [-0.39, 0.29) is 11.9 Å². The number of carbonyl (C=O) groups is 1. The molecule has 1 aromatic heterocycles. The molecule has 124 valence electrons. The largest absolute Gasteiger partial charge is 0.380 e. The number of thioether (sulfide) groups is 1. The van der Waals surface area contributed by atoms with E-state index in [9.17, 15) is 4.79 Å². The van der Waals surface area contributed by atoms with E-state index in [1.807, 2.05) is 35.5 Å². The van der Waals surface area contributed by atoms with Crippen LogP contribution >= 0.6 is 11.8 Å². The van der Waals surface area contributed by atoms with Crippen molar-refractivity contribution in [2.24, 2.45) is 0 Å². The average molecular weight is 336 g/mol. The third kappa shape index (κ3) is 2.42. The van der Waals surface area contributed by atoms with Crippen LogP contribution in [0.4, 0.5) is 5.95 Å². The molecule has 9 heteroatoms. The van der Waals surface area contributed by atoms with Crippen LogP contribution in [-0.2, 0) is 16.1 Å². The minimum absolute atomic E-state index is 0.118. The molecule has 4 rings (SSSR count). The van der Waals surface area contributed by atoms with Gasteiger partial charge in [-0.3, -0.25) is 4.79 Å². The number of hydrogen-bond acceptors (Lipinski definition) is 7. The van der Waals surface area contributed by atoms with Gasteiger partial charge in [0.25, 0.3) is 5.91 Å². The van der Waals surface area contributed by atoms with Crippen molar-refractivity contribution in [1.29, 1.82) is 0 Å². The second-order valence-electron chi connectivity index (χ2n) is 6.10. The average Bonchev–Trinajstić information content (AvgIpc) is 3.05. The minimum Gasteiger partial charge on any atom is -0.380 e. The summed E-state index contributed by atoms with van der Waals surface area (Å²) in [5.74, 6) is 1.76. The lowest BCUT2D eigenvalue weighted by Gasteiger charge is -2.44. The van der Waals surface area contributed by atoms with Gasteiger partial charge in [0.2, 0.25) is 5.95 Å². The number of fused-ring (bicyclic) bond motifs is 2. The maximum absolute atomic E-state index is 13.2. The van der Waals surface area contributed by atoms with Gasteiger partial charge in [0, 0.05) is 42.9 Å². The van der Waals surface area contributed by atoms with Gasteiger partial charge in [-0.15, -0.1) is 0 Å². The fourth-order valence-corrected chi connectivity index (χ4v) is 4.79. The molecule has 8 nitrogen and oxygen atoms in total. The molecule has 1 amide bonds. The monoisotopic (exact) mass is 336 g/mol. The maximum Gasteiger partial charge on any atom is 0.253 e. The van der Waals surface area contributed by atoms with E-state index < -0.39 is 0 Å². The van der Waals surface area contributed by atoms with E-state index in [2.05, 4.69) is 15.5 Å². The molecule has 0 spiro atoms. The molecule has 0 radical (unpaired) electrons. The molecule has 2 fully saturated rings. The van der Waals surface area contributed by atoms with E-state index in [1.54, 1.807) is 4.68 Å². The van der Waals surface area contributed by atoms with Crippen LogP contribution in [0.3, 0.4) is 0 Å². The Morgan fingerprint density at radius 1 is 1.43 bits per heavy atom. The Bertz CT molecular complexity index is 657. The smallest absolute Gasteiger partial charge is 0.253 e. The summed E-state index contributed by atoms with van der Waals surface area (Å²) in [6.45, 7) is 4.68. The molecular weight excluding hydrogens is 316 g/mol. The van der Waals surface area contributed by atoms with Gasteiger partial charge in [0.15, 0.2) is 0 Å². The first-order valence-electron chi connectivity index (χ1n) is 7.87. The van der Waals surface area contributed by atoms with E-state index in [1.165, 1.54) is 0 Å². The Hall–Kier alpha value is -1.61. The third-order valence-corrected chi connectivity index (χ3v) is 6.21. The number of hydrogen-bond donors (Lipinski definition) is 0. The molecule has 4 heterocycles. The Labute approximate surface area is 138 Å². The summed E-state index contributed by atoms with van der Waals surface area (Å²) in [4.78, 5) is 17.1. The van der Waals surface area contributed by atoms with Crippen molar-refractivity contribution in [3.8, 4) is 0 Å². The summed E-state index contributed by atoms with van der Waals surface area (Å²) in [5, 5.41) is 12.1. The number of allylic oxidation sites excluding steroid dienone is 1. The number of rotatable bonds is 1. The Morgan fingerprint density at radius 2 is 2.30 bits per heavy atom. The lowest BCUT2D eigenvalue weighted by Crippen LogP contribution is -2.55. The van der Waals surface area contributed by atoms with Gasteiger partial charge < -0.3 is 14.5 Å². The van der Waals surface area contributed by atoms with E-state index in [4.69, 9.17) is 4.74 Å². The van der Waals surface area contributed by atoms with Crippen molar-refractivity contribution in [3.05, 3.63) is 11.3 Å². The fourth-order valence-electron chi connectivity index (χ4n) is 3.49. The van der Waals surface area contributed by atoms with Gasteiger partial charge in [0.1, 0.15) is 0 Å². The first-order valence-corrected chi connectivity index (χ1v) is 8.91. The Balaban J connectivity index is 1.62. The van der Waals surface area contributed by atoms with Crippen molar-refractivity contribution in [2.45, 2.75) is 31.2 Å². The number of carbonyl (C=O) groups excluding carboxylic acids is 1. The normalized spacial score (nSPS) is 27.7. The quantitative estimate of drug-likeness (QED) is 0.721. The zero-order chi connectivity index (χ0) is 16.0. The summed E-state index contributed by atoms with van der Waals surface area (Å²) in [6, 6.07) is 0.274. The number of aromatic nitrogens is 4. The van der Waals surface area contributed by atoms with Crippen molar-refractivity contribution < 1.29 is 9.53 Å². The van der Waals surface area contributed by atoms with Crippen LogP contribution in [0.2, 0.25) is 0 Å². The van der Waals surface area contributed by atoms with Crippen LogP contribution in [0, 0.1) is 0 Å². The summed E-state index contributed by atoms with van der Waals surface area (Å²) in [6.07, 6.45) is 0.918. The molecular formula is C14H20N6O2S. The van der Waals surface area contributed by atoms with Gasteiger partial charge >= 0.3 is 0 Å². The highest BCUT2D eigenvalue weighted by atomic mass is 32.2. The standard InChI is InChI=1S/C14H20N6O2S/c1-9-10(7-20-14(18(9)2)15-16-17-20)13(21)19-4-6-23-12-8-22-5-3-11(12)19/h11-12H,3-8H2,1-2H3. The second kappa shape index (κ2) is 5.79. The molecule has 2 atom stereocenters. The number of ether oxygens (including phenoxy) is 1. The lowest BCUT2D eigenvalue weighted by molar-refractivity contribution is -0.131. The second-order valence-corrected chi connectivity index (χ2v) is 7.45.